The zero-order valence-electron chi connectivity index (χ0n) is 18.4. The minimum atomic E-state index is 0.428. The molecule has 0 saturated carbocycles. The van der Waals surface area contributed by atoms with E-state index in [9.17, 15) is 0 Å². The standard InChI is InChI=1S/C23H35N7/c1-3-25-23(29-13-8-19(2)21(17-29)30-14-10-24-18-30)27-16-20-7-9-26-22(15-20)28-11-5-4-6-12-28/h7,9-10,14-15,18-19,21H,3-6,8,11-13,16-17H2,1-2H3,(H,25,27). The molecule has 0 spiro atoms. The van der Waals surface area contributed by atoms with Crippen LogP contribution in [-0.4, -0.2) is 58.1 Å². The summed E-state index contributed by atoms with van der Waals surface area (Å²) in [7, 11) is 0. The highest BCUT2D eigenvalue weighted by Gasteiger charge is 2.28. The Labute approximate surface area is 180 Å². The minimum Gasteiger partial charge on any atom is -0.357 e. The Bertz CT molecular complexity index is 811. The molecule has 2 aliphatic rings. The van der Waals surface area contributed by atoms with Crippen molar-refractivity contribution in [3.8, 4) is 0 Å². The monoisotopic (exact) mass is 409 g/mol. The number of aromatic nitrogens is 3. The zero-order chi connectivity index (χ0) is 20.8. The lowest BCUT2D eigenvalue weighted by molar-refractivity contribution is 0.189. The smallest absolute Gasteiger partial charge is 0.194 e. The predicted octanol–water partition coefficient (Wildman–Crippen LogP) is 3.32. The molecule has 2 aromatic heterocycles. The second-order valence-corrected chi connectivity index (χ2v) is 8.53. The third-order valence-corrected chi connectivity index (χ3v) is 6.36. The van der Waals surface area contributed by atoms with Gasteiger partial charge in [-0.15, -0.1) is 0 Å². The molecule has 2 atom stereocenters. The van der Waals surface area contributed by atoms with Crippen molar-refractivity contribution in [1.29, 1.82) is 0 Å². The number of nitrogens with zero attached hydrogens (tertiary/aromatic N) is 6. The average molecular weight is 410 g/mol. The van der Waals surface area contributed by atoms with Crippen LogP contribution in [0.15, 0.2) is 42.0 Å². The van der Waals surface area contributed by atoms with Crippen molar-refractivity contribution in [3.05, 3.63) is 42.6 Å². The van der Waals surface area contributed by atoms with E-state index in [1.54, 1.807) is 0 Å². The molecule has 4 heterocycles. The summed E-state index contributed by atoms with van der Waals surface area (Å²) >= 11 is 0. The molecule has 0 aromatic carbocycles. The maximum atomic E-state index is 4.99. The van der Waals surface area contributed by atoms with Gasteiger partial charge < -0.3 is 19.7 Å². The van der Waals surface area contributed by atoms with Crippen LogP contribution in [0.25, 0.3) is 0 Å². The van der Waals surface area contributed by atoms with Crippen molar-refractivity contribution in [2.24, 2.45) is 10.9 Å². The first-order valence-electron chi connectivity index (χ1n) is 11.4. The Morgan fingerprint density at radius 2 is 2.07 bits per heavy atom. The van der Waals surface area contributed by atoms with Crippen molar-refractivity contribution in [3.63, 3.8) is 0 Å². The number of aliphatic imine (C=N–C) groups is 1. The lowest BCUT2D eigenvalue weighted by atomic mass is 9.93. The Morgan fingerprint density at radius 1 is 1.20 bits per heavy atom. The van der Waals surface area contributed by atoms with Gasteiger partial charge in [0.2, 0.25) is 0 Å². The van der Waals surface area contributed by atoms with Crippen LogP contribution in [0.1, 0.15) is 51.1 Å². The summed E-state index contributed by atoms with van der Waals surface area (Å²) in [6, 6.07) is 4.73. The van der Waals surface area contributed by atoms with E-state index in [0.29, 0.717) is 18.5 Å². The van der Waals surface area contributed by atoms with Gasteiger partial charge in [-0.05, 0) is 56.2 Å². The number of likely N-dealkylation sites (tertiary alicyclic amines) is 1. The summed E-state index contributed by atoms with van der Waals surface area (Å²) in [6.07, 6.45) is 12.8. The van der Waals surface area contributed by atoms with Crippen LogP contribution in [0.2, 0.25) is 0 Å². The largest absolute Gasteiger partial charge is 0.357 e. The van der Waals surface area contributed by atoms with E-state index >= 15 is 0 Å². The van der Waals surface area contributed by atoms with E-state index in [1.165, 1.54) is 24.8 Å². The van der Waals surface area contributed by atoms with Gasteiger partial charge in [-0.3, -0.25) is 0 Å². The highest BCUT2D eigenvalue weighted by atomic mass is 15.3. The van der Waals surface area contributed by atoms with E-state index in [1.807, 2.05) is 18.7 Å². The number of hydrogen-bond acceptors (Lipinski definition) is 4. The number of rotatable bonds is 5. The second kappa shape index (κ2) is 9.96. The van der Waals surface area contributed by atoms with Crippen molar-refractivity contribution < 1.29 is 0 Å². The van der Waals surface area contributed by atoms with Crippen LogP contribution in [-0.2, 0) is 6.54 Å². The molecule has 30 heavy (non-hydrogen) atoms. The van der Waals surface area contributed by atoms with Gasteiger partial charge in [0.15, 0.2) is 5.96 Å². The highest BCUT2D eigenvalue weighted by Crippen LogP contribution is 2.27. The molecule has 7 heteroatoms. The van der Waals surface area contributed by atoms with Gasteiger partial charge in [-0.2, -0.15) is 0 Å². The summed E-state index contributed by atoms with van der Waals surface area (Å²) in [5.74, 6) is 2.73. The van der Waals surface area contributed by atoms with Crippen molar-refractivity contribution in [2.75, 3.05) is 37.6 Å². The molecule has 2 fully saturated rings. The number of piperidine rings is 2. The van der Waals surface area contributed by atoms with Gasteiger partial charge in [-0.1, -0.05) is 6.92 Å². The molecule has 2 saturated heterocycles. The Morgan fingerprint density at radius 3 is 2.83 bits per heavy atom. The first-order chi connectivity index (χ1) is 14.7. The van der Waals surface area contributed by atoms with E-state index in [-0.39, 0.29) is 0 Å². The molecular formula is C23H35N7. The molecule has 2 aliphatic heterocycles. The lowest BCUT2D eigenvalue weighted by Gasteiger charge is -2.39. The van der Waals surface area contributed by atoms with Gasteiger partial charge in [0.05, 0.1) is 18.9 Å². The summed E-state index contributed by atoms with van der Waals surface area (Å²) in [5, 5.41) is 3.51. The Balaban J connectivity index is 1.46. The number of hydrogen-bond donors (Lipinski definition) is 1. The third kappa shape index (κ3) is 4.94. The minimum absolute atomic E-state index is 0.428. The molecule has 1 N–H and O–H groups in total. The van der Waals surface area contributed by atoms with Crippen LogP contribution < -0.4 is 10.2 Å². The van der Waals surface area contributed by atoms with E-state index in [2.05, 4.69) is 61.8 Å². The quantitative estimate of drug-likeness (QED) is 0.606. The third-order valence-electron chi connectivity index (χ3n) is 6.36. The topological polar surface area (TPSA) is 61.6 Å². The number of pyridine rings is 1. The van der Waals surface area contributed by atoms with Gasteiger partial charge in [0, 0.05) is 51.3 Å². The molecule has 0 bridgehead atoms. The maximum absolute atomic E-state index is 4.99. The number of nitrogens with one attached hydrogen (secondary N) is 1. The van der Waals surface area contributed by atoms with Crippen LogP contribution in [0.5, 0.6) is 0 Å². The summed E-state index contributed by atoms with van der Waals surface area (Å²) in [5.41, 5.74) is 1.22. The number of anilines is 1. The summed E-state index contributed by atoms with van der Waals surface area (Å²) in [6.45, 7) is 10.2. The predicted molar refractivity (Wildman–Crippen MR) is 122 cm³/mol. The van der Waals surface area contributed by atoms with Crippen molar-refractivity contribution >= 4 is 11.8 Å². The molecule has 4 rings (SSSR count). The fraction of sp³-hybridized carbons (Fsp3) is 0.609. The van der Waals surface area contributed by atoms with Crippen LogP contribution in [0, 0.1) is 5.92 Å². The zero-order valence-corrected chi connectivity index (χ0v) is 18.4. The molecule has 162 valence electrons. The number of imidazole rings is 1. The van der Waals surface area contributed by atoms with E-state index in [4.69, 9.17) is 4.99 Å². The SMILES string of the molecule is CCNC(=NCc1ccnc(N2CCCCC2)c1)N1CCC(C)C(n2ccnc2)C1. The molecule has 2 unspecified atom stereocenters. The Hall–Kier alpha value is -2.57. The summed E-state index contributed by atoms with van der Waals surface area (Å²) < 4.78 is 2.24. The molecule has 7 nitrogen and oxygen atoms in total. The summed E-state index contributed by atoms with van der Waals surface area (Å²) in [4.78, 5) is 18.7. The van der Waals surface area contributed by atoms with Gasteiger partial charge in [0.25, 0.3) is 0 Å². The average Bonchev–Trinajstić information content (AvgIpc) is 3.33. The maximum Gasteiger partial charge on any atom is 0.194 e. The van der Waals surface area contributed by atoms with Gasteiger partial charge in [0.1, 0.15) is 5.82 Å². The van der Waals surface area contributed by atoms with E-state index < -0.39 is 0 Å². The Kier molecular flexibility index (Phi) is 6.87. The van der Waals surface area contributed by atoms with Crippen molar-refractivity contribution in [2.45, 2.75) is 52.1 Å². The molecule has 0 radical (unpaired) electrons. The van der Waals surface area contributed by atoms with Crippen LogP contribution in [0.4, 0.5) is 5.82 Å². The molecular weight excluding hydrogens is 374 g/mol. The van der Waals surface area contributed by atoms with Crippen LogP contribution in [0.3, 0.4) is 0 Å². The van der Waals surface area contributed by atoms with Crippen LogP contribution >= 0.6 is 0 Å². The first-order valence-corrected chi connectivity index (χ1v) is 11.4. The van der Waals surface area contributed by atoms with Crippen molar-refractivity contribution in [1.82, 2.24) is 24.8 Å². The molecule has 0 aliphatic carbocycles. The van der Waals surface area contributed by atoms with Gasteiger partial charge in [-0.25, -0.2) is 15.0 Å². The molecule has 0 amide bonds. The fourth-order valence-electron chi connectivity index (χ4n) is 4.54. The molecule has 2 aromatic rings. The number of guanidine groups is 1. The lowest BCUT2D eigenvalue weighted by Crippen LogP contribution is -2.49. The highest BCUT2D eigenvalue weighted by molar-refractivity contribution is 5.80. The fourth-order valence-corrected chi connectivity index (χ4v) is 4.54. The van der Waals surface area contributed by atoms with E-state index in [0.717, 1.165) is 50.9 Å². The van der Waals surface area contributed by atoms with Gasteiger partial charge >= 0.3 is 0 Å². The first kappa shape index (κ1) is 20.7. The normalized spacial score (nSPS) is 22.9. The second-order valence-electron chi connectivity index (χ2n) is 8.53.